The van der Waals surface area contributed by atoms with E-state index in [1.165, 1.54) is 24.1 Å². The Bertz CT molecular complexity index is 1320. The predicted octanol–water partition coefficient (Wildman–Crippen LogP) is 3.50. The first-order valence-electron chi connectivity index (χ1n) is 11.3. The summed E-state index contributed by atoms with van der Waals surface area (Å²) in [6, 6.07) is 20.1. The molecular formula is C26H30N4O6S. The second-order valence-corrected chi connectivity index (χ2v) is 9.60. The third kappa shape index (κ3) is 7.37. The summed E-state index contributed by atoms with van der Waals surface area (Å²) in [5.41, 5.74) is 1.57. The van der Waals surface area contributed by atoms with E-state index >= 15 is 0 Å². The number of nitrogens with zero attached hydrogens (tertiary/aromatic N) is 1. The maximum absolute atomic E-state index is 13.5. The number of carbonyl (C=O) groups is 2. The Hall–Kier alpha value is -4.25. The summed E-state index contributed by atoms with van der Waals surface area (Å²) in [4.78, 5) is 27.8. The van der Waals surface area contributed by atoms with Crippen LogP contribution in [-0.2, 0) is 15.0 Å². The molecule has 0 bridgehead atoms. The van der Waals surface area contributed by atoms with Gasteiger partial charge < -0.3 is 19.7 Å². The van der Waals surface area contributed by atoms with Crippen molar-refractivity contribution in [2.24, 2.45) is 0 Å². The van der Waals surface area contributed by atoms with E-state index in [0.717, 1.165) is 5.56 Å². The second-order valence-electron chi connectivity index (χ2n) is 8.19. The van der Waals surface area contributed by atoms with Gasteiger partial charge in [-0.25, -0.2) is 9.52 Å². The quantitative estimate of drug-likeness (QED) is 0.371. The number of amides is 3. The van der Waals surface area contributed by atoms with Crippen molar-refractivity contribution in [2.45, 2.75) is 18.9 Å². The van der Waals surface area contributed by atoms with E-state index in [0.29, 0.717) is 17.2 Å². The molecule has 37 heavy (non-hydrogen) atoms. The van der Waals surface area contributed by atoms with Crippen LogP contribution in [0, 0.1) is 0 Å². The molecule has 2 atom stereocenters. The third-order valence-corrected chi connectivity index (χ3v) is 6.68. The normalized spacial score (nSPS) is 12.5. The molecule has 3 aromatic rings. The van der Waals surface area contributed by atoms with Crippen LogP contribution in [0.3, 0.4) is 0 Å². The van der Waals surface area contributed by atoms with Crippen molar-refractivity contribution in [2.75, 3.05) is 30.9 Å². The monoisotopic (exact) mass is 526 g/mol. The average molecular weight is 527 g/mol. The fourth-order valence-electron chi connectivity index (χ4n) is 3.65. The number of carbonyl (C=O) groups excluding carboxylic acids is 2. The van der Waals surface area contributed by atoms with Gasteiger partial charge in [0.25, 0.3) is 0 Å². The van der Waals surface area contributed by atoms with Gasteiger partial charge in [0, 0.05) is 24.7 Å². The van der Waals surface area contributed by atoms with Crippen LogP contribution in [0.2, 0.25) is 0 Å². The highest BCUT2D eigenvalue weighted by molar-refractivity contribution is 7.91. The Balaban J connectivity index is 1.80. The molecule has 3 rings (SSSR count). The maximum Gasteiger partial charge on any atom is 0.330 e. The average Bonchev–Trinajstić information content (AvgIpc) is 2.90. The van der Waals surface area contributed by atoms with Gasteiger partial charge in [-0.1, -0.05) is 43.3 Å². The first kappa shape index (κ1) is 27.3. The van der Waals surface area contributed by atoms with Gasteiger partial charge in [0.2, 0.25) is 5.91 Å². The first-order valence-corrected chi connectivity index (χ1v) is 12.8. The lowest BCUT2D eigenvalue weighted by atomic mass is 9.92. The molecule has 0 unspecified atom stereocenters. The fraction of sp³-hybridized carbons (Fsp3) is 0.231. The summed E-state index contributed by atoms with van der Waals surface area (Å²) in [7, 11) is 0.266. The molecule has 0 spiro atoms. The van der Waals surface area contributed by atoms with Crippen molar-refractivity contribution in [1.82, 2.24) is 10.0 Å². The lowest BCUT2D eigenvalue weighted by Gasteiger charge is -2.29. The molecule has 0 aliphatic heterocycles. The van der Waals surface area contributed by atoms with Crippen LogP contribution >= 0.6 is 0 Å². The Morgan fingerprint density at radius 2 is 1.51 bits per heavy atom. The molecular weight excluding hydrogens is 496 g/mol. The highest BCUT2D eigenvalue weighted by Crippen LogP contribution is 2.24. The highest BCUT2D eigenvalue weighted by atomic mass is 32.2. The molecule has 3 amide bonds. The molecule has 0 aliphatic rings. The first-order chi connectivity index (χ1) is 17.6. The van der Waals surface area contributed by atoms with E-state index in [-0.39, 0.29) is 5.69 Å². The summed E-state index contributed by atoms with van der Waals surface area (Å²) in [6.45, 7) is 1.78. The summed E-state index contributed by atoms with van der Waals surface area (Å²) in [5, 5.41) is 2.54. The van der Waals surface area contributed by atoms with Crippen molar-refractivity contribution in [3.8, 4) is 11.5 Å². The number of anilines is 2. The predicted molar refractivity (Wildman–Crippen MR) is 142 cm³/mol. The largest absolute Gasteiger partial charge is 0.497 e. The Labute approximate surface area is 216 Å². The molecule has 3 aromatic carbocycles. The van der Waals surface area contributed by atoms with Crippen LogP contribution in [0.4, 0.5) is 16.2 Å². The zero-order valence-electron chi connectivity index (χ0n) is 21.0. The van der Waals surface area contributed by atoms with E-state index in [1.54, 1.807) is 57.5 Å². The third-order valence-electron chi connectivity index (χ3n) is 5.72. The minimum atomic E-state index is -4.31. The van der Waals surface area contributed by atoms with Gasteiger partial charge in [0.1, 0.15) is 17.5 Å². The molecule has 0 heterocycles. The summed E-state index contributed by atoms with van der Waals surface area (Å²) in [6.07, 6.45) is 0. The molecule has 0 saturated heterocycles. The molecule has 3 N–H and O–H groups in total. The summed E-state index contributed by atoms with van der Waals surface area (Å²) < 4.78 is 39.6. The van der Waals surface area contributed by atoms with Crippen LogP contribution in [0.5, 0.6) is 11.5 Å². The number of methoxy groups -OCH3 is 2. The SMILES string of the molecule is COc1ccc(N(C)C(=O)[C@@H](NC(=O)NS(=O)(=O)Nc2cccc(OC)c2)[C@H](C)c2ccccc2)cc1. The molecule has 196 valence electrons. The van der Waals surface area contributed by atoms with Gasteiger partial charge in [-0.3, -0.25) is 9.52 Å². The van der Waals surface area contributed by atoms with E-state index in [4.69, 9.17) is 9.47 Å². The van der Waals surface area contributed by atoms with E-state index in [9.17, 15) is 18.0 Å². The number of ether oxygens (including phenoxy) is 2. The molecule has 0 fully saturated rings. The highest BCUT2D eigenvalue weighted by Gasteiger charge is 2.32. The smallest absolute Gasteiger partial charge is 0.330 e. The van der Waals surface area contributed by atoms with Gasteiger partial charge >= 0.3 is 16.2 Å². The minimum Gasteiger partial charge on any atom is -0.497 e. The number of rotatable bonds is 10. The second kappa shape index (κ2) is 12.1. The number of benzene rings is 3. The van der Waals surface area contributed by atoms with Gasteiger partial charge in [0.15, 0.2) is 0 Å². The van der Waals surface area contributed by atoms with Crippen LogP contribution in [0.1, 0.15) is 18.4 Å². The fourth-order valence-corrected chi connectivity index (χ4v) is 4.44. The van der Waals surface area contributed by atoms with Gasteiger partial charge in [-0.15, -0.1) is 0 Å². The standard InChI is InChI=1S/C26H30N4O6S/c1-18(19-9-6-5-7-10-19)24(25(31)30(2)21-13-15-22(35-3)16-14-21)27-26(32)29-37(33,34)28-20-11-8-12-23(17-20)36-4/h5-18,24,28H,1-4H3,(H2,27,29,32)/t18-,24+/m1/s1. The minimum absolute atomic E-state index is 0.198. The lowest BCUT2D eigenvalue weighted by molar-refractivity contribution is -0.120. The van der Waals surface area contributed by atoms with Crippen LogP contribution < -0.4 is 29.1 Å². The molecule has 0 saturated carbocycles. The van der Waals surface area contributed by atoms with E-state index in [2.05, 4.69) is 10.0 Å². The van der Waals surface area contributed by atoms with Crippen molar-refractivity contribution in [3.63, 3.8) is 0 Å². The van der Waals surface area contributed by atoms with Crippen molar-refractivity contribution >= 4 is 33.5 Å². The molecule has 11 heteroatoms. The zero-order chi connectivity index (χ0) is 27.0. The van der Waals surface area contributed by atoms with Gasteiger partial charge in [-0.2, -0.15) is 8.42 Å². The van der Waals surface area contributed by atoms with Gasteiger partial charge in [0.05, 0.1) is 19.9 Å². The van der Waals surface area contributed by atoms with Crippen LogP contribution in [-0.4, -0.2) is 47.7 Å². The maximum atomic E-state index is 13.5. The van der Waals surface area contributed by atoms with Crippen LogP contribution in [0.25, 0.3) is 0 Å². The summed E-state index contributed by atoms with van der Waals surface area (Å²) in [5.74, 6) is 0.155. The van der Waals surface area contributed by atoms with Gasteiger partial charge in [-0.05, 0) is 42.0 Å². The lowest BCUT2D eigenvalue weighted by Crippen LogP contribution is -2.54. The van der Waals surface area contributed by atoms with Crippen LogP contribution in [0.15, 0.2) is 78.9 Å². The number of nitrogens with one attached hydrogen (secondary N) is 3. The number of urea groups is 1. The number of likely N-dealkylation sites (N-methyl/N-ethyl adjacent to an activating group) is 1. The molecule has 0 aliphatic carbocycles. The van der Waals surface area contributed by atoms with Crippen molar-refractivity contribution in [1.29, 1.82) is 0 Å². The van der Waals surface area contributed by atoms with Crippen molar-refractivity contribution in [3.05, 3.63) is 84.4 Å². The molecule has 10 nitrogen and oxygen atoms in total. The van der Waals surface area contributed by atoms with Crippen molar-refractivity contribution < 1.29 is 27.5 Å². The zero-order valence-corrected chi connectivity index (χ0v) is 21.8. The Morgan fingerprint density at radius 1 is 0.865 bits per heavy atom. The Morgan fingerprint density at radius 3 is 2.14 bits per heavy atom. The van der Waals surface area contributed by atoms with E-state index in [1.807, 2.05) is 35.1 Å². The number of hydrogen-bond donors (Lipinski definition) is 3. The number of hydrogen-bond acceptors (Lipinski definition) is 6. The molecule has 0 aromatic heterocycles. The summed E-state index contributed by atoms with van der Waals surface area (Å²) >= 11 is 0. The van der Waals surface area contributed by atoms with E-state index < -0.39 is 34.1 Å². The molecule has 0 radical (unpaired) electrons. The Kier molecular flexibility index (Phi) is 8.96. The topological polar surface area (TPSA) is 126 Å².